The van der Waals surface area contributed by atoms with Crippen LogP contribution in [0.5, 0.6) is 11.5 Å². The predicted octanol–water partition coefficient (Wildman–Crippen LogP) is 3.65. The number of hydrogen-bond acceptors (Lipinski definition) is 4. The number of nitrogens with one attached hydrogen (secondary N) is 1. The highest BCUT2D eigenvalue weighted by Crippen LogP contribution is 2.37. The molecule has 2 atom stereocenters. The second kappa shape index (κ2) is 7.36. The average molecular weight is 349 g/mol. The first kappa shape index (κ1) is 16.9. The number of hydrogen-bond donors (Lipinski definition) is 2. The maximum Gasteiger partial charge on any atom is 0.161 e. The fourth-order valence-corrected chi connectivity index (χ4v) is 3.55. The van der Waals surface area contributed by atoms with E-state index in [0.29, 0.717) is 25.5 Å². The lowest BCUT2D eigenvalue weighted by Gasteiger charge is -2.26. The smallest absolute Gasteiger partial charge is 0.161 e. The van der Waals surface area contributed by atoms with E-state index in [1.165, 1.54) is 10.8 Å². The molecule has 3 aromatic rings. The molecule has 134 valence electrons. The molecule has 0 amide bonds. The zero-order valence-corrected chi connectivity index (χ0v) is 14.8. The number of fused-ring (bicyclic) bond motifs is 2. The summed E-state index contributed by atoms with van der Waals surface area (Å²) in [6.45, 7) is 1.78. The van der Waals surface area contributed by atoms with Crippen LogP contribution in [0.15, 0.2) is 60.7 Å². The highest BCUT2D eigenvalue weighted by Gasteiger charge is 2.24. The van der Waals surface area contributed by atoms with E-state index in [1.54, 1.807) is 0 Å². The molecular formula is C22H23NO3. The lowest BCUT2D eigenvalue weighted by Crippen LogP contribution is -2.23. The predicted molar refractivity (Wildman–Crippen MR) is 103 cm³/mol. The highest BCUT2D eigenvalue weighted by atomic mass is 16.6. The van der Waals surface area contributed by atoms with Crippen molar-refractivity contribution in [3.63, 3.8) is 0 Å². The summed E-state index contributed by atoms with van der Waals surface area (Å²) in [4.78, 5) is 0. The van der Waals surface area contributed by atoms with Crippen molar-refractivity contribution in [1.82, 2.24) is 5.32 Å². The van der Waals surface area contributed by atoms with Crippen molar-refractivity contribution in [2.75, 3.05) is 26.8 Å². The number of rotatable bonds is 5. The molecule has 26 heavy (non-hydrogen) atoms. The minimum absolute atomic E-state index is 0.0628. The van der Waals surface area contributed by atoms with Crippen LogP contribution in [0, 0.1) is 0 Å². The van der Waals surface area contributed by atoms with Gasteiger partial charge < -0.3 is 19.9 Å². The Bertz CT molecular complexity index is 909. The molecule has 1 aliphatic heterocycles. The summed E-state index contributed by atoms with van der Waals surface area (Å²) >= 11 is 0. The van der Waals surface area contributed by atoms with Crippen molar-refractivity contribution >= 4 is 10.8 Å². The van der Waals surface area contributed by atoms with E-state index in [0.717, 1.165) is 16.9 Å². The van der Waals surface area contributed by atoms with E-state index in [9.17, 15) is 5.11 Å². The summed E-state index contributed by atoms with van der Waals surface area (Å²) < 4.78 is 11.2. The number of ether oxygens (including phenoxy) is 2. The Morgan fingerprint density at radius 1 is 0.885 bits per heavy atom. The molecule has 0 saturated heterocycles. The van der Waals surface area contributed by atoms with Crippen molar-refractivity contribution in [3.05, 3.63) is 71.8 Å². The van der Waals surface area contributed by atoms with Crippen LogP contribution in [0.2, 0.25) is 0 Å². The third-order valence-electron chi connectivity index (χ3n) is 4.91. The molecule has 4 rings (SSSR count). The number of likely N-dealkylation sites (N-methyl/N-ethyl adjacent to an activating group) is 1. The maximum absolute atomic E-state index is 11.1. The van der Waals surface area contributed by atoms with Gasteiger partial charge in [-0.25, -0.2) is 0 Å². The fourth-order valence-electron chi connectivity index (χ4n) is 3.55. The summed E-state index contributed by atoms with van der Waals surface area (Å²) in [5.41, 5.74) is 1.95. The molecule has 2 N–H and O–H groups in total. The Kier molecular flexibility index (Phi) is 4.78. The zero-order valence-electron chi connectivity index (χ0n) is 14.8. The Morgan fingerprint density at radius 3 is 2.42 bits per heavy atom. The average Bonchev–Trinajstić information content (AvgIpc) is 2.71. The molecule has 0 unspecified atom stereocenters. The monoisotopic (exact) mass is 349 g/mol. The van der Waals surface area contributed by atoms with E-state index < -0.39 is 6.10 Å². The minimum atomic E-state index is -0.639. The molecular weight excluding hydrogens is 326 g/mol. The number of benzene rings is 3. The molecule has 1 aliphatic rings. The van der Waals surface area contributed by atoms with Crippen LogP contribution in [-0.2, 0) is 0 Å². The molecule has 0 bridgehead atoms. The summed E-state index contributed by atoms with van der Waals surface area (Å²) in [6.07, 6.45) is -0.639. The quantitative estimate of drug-likeness (QED) is 0.738. The van der Waals surface area contributed by atoms with Gasteiger partial charge in [0.1, 0.15) is 13.2 Å². The Labute approximate surface area is 153 Å². The van der Waals surface area contributed by atoms with E-state index in [-0.39, 0.29) is 5.92 Å². The van der Waals surface area contributed by atoms with Gasteiger partial charge in [-0.2, -0.15) is 0 Å². The zero-order chi connectivity index (χ0) is 17.9. The number of aliphatic hydroxyl groups excluding tert-OH is 1. The van der Waals surface area contributed by atoms with Gasteiger partial charge in [0.15, 0.2) is 11.5 Å². The molecule has 0 spiro atoms. The number of aliphatic hydroxyl groups is 1. The van der Waals surface area contributed by atoms with Crippen LogP contribution in [0.25, 0.3) is 10.8 Å². The van der Waals surface area contributed by atoms with Crippen LogP contribution >= 0.6 is 0 Å². The Hall–Kier alpha value is -2.56. The van der Waals surface area contributed by atoms with Crippen LogP contribution in [-0.4, -0.2) is 31.9 Å². The van der Waals surface area contributed by atoms with Crippen molar-refractivity contribution in [2.45, 2.75) is 12.0 Å². The standard InChI is InChI=1S/C22H23NO3/c1-23-14-19(17-7-6-15-4-2-3-5-16(15)12-17)22(24)18-8-9-20-21(13-18)26-11-10-25-20/h2-9,12-13,19,22-24H,10-11,14H2,1H3/t19-,22-/m0/s1. The summed E-state index contributed by atoms with van der Waals surface area (Å²) in [6, 6.07) is 20.4. The van der Waals surface area contributed by atoms with Crippen LogP contribution < -0.4 is 14.8 Å². The first-order chi connectivity index (χ1) is 12.8. The largest absolute Gasteiger partial charge is 0.486 e. The van der Waals surface area contributed by atoms with Crippen molar-refractivity contribution in [3.8, 4) is 11.5 Å². The molecule has 0 aliphatic carbocycles. The molecule has 0 saturated carbocycles. The van der Waals surface area contributed by atoms with Gasteiger partial charge in [0.05, 0.1) is 6.10 Å². The SMILES string of the molecule is CNC[C@@H](c1ccc2ccccc2c1)[C@@H](O)c1ccc2c(c1)OCCO2. The summed E-state index contributed by atoms with van der Waals surface area (Å²) in [5, 5.41) is 16.7. The van der Waals surface area contributed by atoms with E-state index >= 15 is 0 Å². The van der Waals surface area contributed by atoms with Gasteiger partial charge in [0.25, 0.3) is 0 Å². The highest BCUT2D eigenvalue weighted by molar-refractivity contribution is 5.83. The maximum atomic E-state index is 11.1. The first-order valence-electron chi connectivity index (χ1n) is 8.97. The molecule has 0 aromatic heterocycles. The van der Waals surface area contributed by atoms with Gasteiger partial charge in [-0.05, 0) is 41.1 Å². The second-order valence-corrected chi connectivity index (χ2v) is 6.62. The third-order valence-corrected chi connectivity index (χ3v) is 4.91. The van der Waals surface area contributed by atoms with Gasteiger partial charge in [0.2, 0.25) is 0 Å². The van der Waals surface area contributed by atoms with Gasteiger partial charge in [-0.3, -0.25) is 0 Å². The molecule has 0 fully saturated rings. The van der Waals surface area contributed by atoms with Crippen molar-refractivity contribution in [2.24, 2.45) is 0 Å². The van der Waals surface area contributed by atoms with Gasteiger partial charge in [-0.1, -0.05) is 48.5 Å². The van der Waals surface area contributed by atoms with Crippen LogP contribution in [0.1, 0.15) is 23.1 Å². The first-order valence-corrected chi connectivity index (χ1v) is 8.97. The molecule has 1 heterocycles. The summed E-state index contributed by atoms with van der Waals surface area (Å²) in [5.74, 6) is 1.38. The minimum Gasteiger partial charge on any atom is -0.486 e. The molecule has 4 nitrogen and oxygen atoms in total. The topological polar surface area (TPSA) is 50.7 Å². The van der Waals surface area contributed by atoms with E-state index in [4.69, 9.17) is 9.47 Å². The van der Waals surface area contributed by atoms with E-state index in [2.05, 4.69) is 35.6 Å². The Morgan fingerprint density at radius 2 is 1.62 bits per heavy atom. The lowest BCUT2D eigenvalue weighted by atomic mass is 9.87. The van der Waals surface area contributed by atoms with Crippen molar-refractivity contribution < 1.29 is 14.6 Å². The van der Waals surface area contributed by atoms with Gasteiger partial charge >= 0.3 is 0 Å². The second-order valence-electron chi connectivity index (χ2n) is 6.62. The normalized spacial score (nSPS) is 15.6. The van der Waals surface area contributed by atoms with Gasteiger partial charge in [0, 0.05) is 12.5 Å². The van der Waals surface area contributed by atoms with Crippen molar-refractivity contribution in [1.29, 1.82) is 0 Å². The lowest BCUT2D eigenvalue weighted by molar-refractivity contribution is 0.141. The van der Waals surface area contributed by atoms with E-state index in [1.807, 2.05) is 37.4 Å². The molecule has 3 aromatic carbocycles. The summed E-state index contributed by atoms with van der Waals surface area (Å²) in [7, 11) is 1.91. The van der Waals surface area contributed by atoms with Crippen LogP contribution in [0.3, 0.4) is 0 Å². The fraction of sp³-hybridized carbons (Fsp3) is 0.273. The molecule has 0 radical (unpaired) electrons. The molecule has 4 heteroatoms. The van der Waals surface area contributed by atoms with Gasteiger partial charge in [-0.15, -0.1) is 0 Å². The Balaban J connectivity index is 1.68. The third kappa shape index (κ3) is 3.26. The van der Waals surface area contributed by atoms with Crippen LogP contribution in [0.4, 0.5) is 0 Å².